The number of thiazole rings is 1. The van der Waals surface area contributed by atoms with Crippen molar-refractivity contribution < 1.29 is 9.13 Å². The maximum Gasteiger partial charge on any atom is 0.235 e. The predicted octanol–water partition coefficient (Wildman–Crippen LogP) is 5.33. The van der Waals surface area contributed by atoms with Crippen LogP contribution in [0.5, 0.6) is 5.75 Å². The van der Waals surface area contributed by atoms with Gasteiger partial charge in [0.05, 0.1) is 5.69 Å². The summed E-state index contributed by atoms with van der Waals surface area (Å²) in [4.78, 5) is 8.77. The Bertz CT molecular complexity index is 774. The number of halogens is 2. The van der Waals surface area contributed by atoms with E-state index in [1.54, 1.807) is 35.9 Å². The molecule has 3 aromatic rings. The van der Waals surface area contributed by atoms with Crippen molar-refractivity contribution in [1.82, 2.24) is 9.97 Å². The van der Waals surface area contributed by atoms with Crippen molar-refractivity contribution in [1.29, 1.82) is 0 Å². The van der Waals surface area contributed by atoms with Gasteiger partial charge in [0.1, 0.15) is 10.8 Å². The van der Waals surface area contributed by atoms with E-state index in [0.29, 0.717) is 5.75 Å². The van der Waals surface area contributed by atoms with Crippen LogP contribution in [0.15, 0.2) is 52.6 Å². The van der Waals surface area contributed by atoms with Crippen LogP contribution in [-0.4, -0.2) is 16.3 Å². The van der Waals surface area contributed by atoms with Crippen LogP contribution in [0, 0.1) is 0 Å². The monoisotopic (exact) mass is 378 g/mol. The predicted molar refractivity (Wildman–Crippen MR) is 89.7 cm³/mol. The summed E-state index contributed by atoms with van der Waals surface area (Å²) in [5.41, 5.74) is 2.81. The molecule has 0 bridgehead atoms. The zero-order chi connectivity index (χ0) is 15.5. The second-order valence-electron chi connectivity index (χ2n) is 4.61. The average Bonchev–Trinajstić information content (AvgIpc) is 2.97. The average molecular weight is 379 g/mol. The highest BCUT2D eigenvalue weighted by Crippen LogP contribution is 2.30. The molecule has 1 unspecified atom stereocenters. The summed E-state index contributed by atoms with van der Waals surface area (Å²) in [7, 11) is 0. The molecule has 2 heterocycles. The van der Waals surface area contributed by atoms with Gasteiger partial charge in [-0.25, -0.2) is 9.37 Å². The Kier molecular flexibility index (Phi) is 4.49. The van der Waals surface area contributed by atoms with E-state index in [9.17, 15) is 4.39 Å². The first-order valence-corrected chi connectivity index (χ1v) is 8.27. The Morgan fingerprint density at radius 3 is 2.64 bits per heavy atom. The molecule has 0 radical (unpaired) electrons. The van der Waals surface area contributed by atoms with E-state index in [1.807, 2.05) is 23.6 Å². The van der Waals surface area contributed by atoms with Gasteiger partial charge >= 0.3 is 0 Å². The second-order valence-corrected chi connectivity index (χ2v) is 6.39. The number of hydrogen-bond acceptors (Lipinski definition) is 4. The number of ether oxygens (including phenoxy) is 1. The number of pyridine rings is 1. The molecule has 0 aliphatic rings. The third-order valence-corrected chi connectivity index (χ3v) is 4.23. The standard InChI is InChI=1S/C16H12BrFN2OS/c1-10(18)21-14-4-2-11(3-5-14)15-9-22-16(20-15)12-6-13(17)8-19-7-12/h2-10H,1H3. The highest BCUT2D eigenvalue weighted by Gasteiger charge is 2.08. The number of rotatable bonds is 4. The summed E-state index contributed by atoms with van der Waals surface area (Å²) >= 11 is 4.97. The maximum atomic E-state index is 12.8. The SMILES string of the molecule is CC(F)Oc1ccc(-c2csc(-c3cncc(Br)c3)n2)cc1. The Morgan fingerprint density at radius 1 is 1.18 bits per heavy atom. The minimum Gasteiger partial charge on any atom is -0.461 e. The van der Waals surface area contributed by atoms with Crippen molar-refractivity contribution in [3.8, 4) is 27.6 Å². The fourth-order valence-electron chi connectivity index (χ4n) is 1.96. The van der Waals surface area contributed by atoms with Crippen LogP contribution >= 0.6 is 27.3 Å². The van der Waals surface area contributed by atoms with Crippen molar-refractivity contribution in [2.45, 2.75) is 13.3 Å². The molecule has 3 rings (SSSR count). The van der Waals surface area contributed by atoms with E-state index in [2.05, 4.69) is 25.9 Å². The third-order valence-electron chi connectivity index (χ3n) is 2.90. The van der Waals surface area contributed by atoms with Crippen molar-refractivity contribution in [2.75, 3.05) is 0 Å². The molecule has 0 fully saturated rings. The fraction of sp³-hybridized carbons (Fsp3) is 0.125. The first-order valence-electron chi connectivity index (χ1n) is 6.59. The summed E-state index contributed by atoms with van der Waals surface area (Å²) in [6.07, 6.45) is 2.20. The third kappa shape index (κ3) is 3.51. The van der Waals surface area contributed by atoms with Crippen LogP contribution in [-0.2, 0) is 0 Å². The number of nitrogens with zero attached hydrogens (tertiary/aromatic N) is 2. The van der Waals surface area contributed by atoms with Gasteiger partial charge in [-0.3, -0.25) is 4.98 Å². The molecule has 2 aromatic heterocycles. The maximum absolute atomic E-state index is 12.8. The van der Waals surface area contributed by atoms with Crippen LogP contribution in [0.2, 0.25) is 0 Å². The van der Waals surface area contributed by atoms with Crippen LogP contribution in [0.4, 0.5) is 4.39 Å². The van der Waals surface area contributed by atoms with Gasteiger partial charge in [-0.15, -0.1) is 11.3 Å². The molecular weight excluding hydrogens is 367 g/mol. The Morgan fingerprint density at radius 2 is 1.95 bits per heavy atom. The van der Waals surface area contributed by atoms with Crippen LogP contribution in [0.3, 0.4) is 0 Å². The lowest BCUT2D eigenvalue weighted by molar-refractivity contribution is 0.0861. The van der Waals surface area contributed by atoms with Gasteiger partial charge in [0, 0.05) is 40.3 Å². The summed E-state index contributed by atoms with van der Waals surface area (Å²) in [6.45, 7) is 1.35. The van der Waals surface area contributed by atoms with Crippen LogP contribution < -0.4 is 4.74 Å². The van der Waals surface area contributed by atoms with Gasteiger partial charge < -0.3 is 4.74 Å². The number of alkyl halides is 1. The highest BCUT2D eigenvalue weighted by molar-refractivity contribution is 9.10. The molecule has 0 aliphatic carbocycles. The molecule has 22 heavy (non-hydrogen) atoms. The topological polar surface area (TPSA) is 35.0 Å². The fourth-order valence-corrected chi connectivity index (χ4v) is 3.14. The lowest BCUT2D eigenvalue weighted by Crippen LogP contribution is -2.03. The summed E-state index contributed by atoms with van der Waals surface area (Å²) in [5, 5.41) is 2.89. The molecule has 0 aliphatic heterocycles. The van der Waals surface area contributed by atoms with Crippen molar-refractivity contribution in [3.63, 3.8) is 0 Å². The molecule has 0 amide bonds. The van der Waals surface area contributed by atoms with E-state index < -0.39 is 6.36 Å². The molecule has 6 heteroatoms. The van der Waals surface area contributed by atoms with Gasteiger partial charge in [-0.2, -0.15) is 0 Å². The normalized spacial score (nSPS) is 12.1. The molecule has 0 saturated carbocycles. The highest BCUT2D eigenvalue weighted by atomic mass is 79.9. The Balaban J connectivity index is 1.84. The Labute approximate surface area is 140 Å². The second kappa shape index (κ2) is 6.54. The summed E-state index contributed by atoms with van der Waals surface area (Å²) in [6, 6.07) is 9.21. The molecule has 0 spiro atoms. The quantitative estimate of drug-likeness (QED) is 0.615. The summed E-state index contributed by atoms with van der Waals surface area (Å²) < 4.78 is 18.7. The minimum atomic E-state index is -1.32. The molecule has 112 valence electrons. The smallest absolute Gasteiger partial charge is 0.235 e. The van der Waals surface area contributed by atoms with Crippen molar-refractivity contribution >= 4 is 27.3 Å². The van der Waals surface area contributed by atoms with Gasteiger partial charge in [0.2, 0.25) is 6.36 Å². The molecule has 3 nitrogen and oxygen atoms in total. The first kappa shape index (κ1) is 15.1. The van der Waals surface area contributed by atoms with Crippen LogP contribution in [0.1, 0.15) is 6.92 Å². The van der Waals surface area contributed by atoms with E-state index >= 15 is 0 Å². The zero-order valence-electron chi connectivity index (χ0n) is 11.7. The largest absolute Gasteiger partial charge is 0.461 e. The van der Waals surface area contributed by atoms with E-state index in [0.717, 1.165) is 26.3 Å². The van der Waals surface area contributed by atoms with Gasteiger partial charge in [-0.1, -0.05) is 0 Å². The molecule has 1 atom stereocenters. The number of benzene rings is 1. The van der Waals surface area contributed by atoms with Crippen molar-refractivity contribution in [2.24, 2.45) is 0 Å². The van der Waals surface area contributed by atoms with E-state index in [1.165, 1.54) is 6.92 Å². The van der Waals surface area contributed by atoms with Gasteiger partial charge in [0.15, 0.2) is 0 Å². The minimum absolute atomic E-state index is 0.505. The van der Waals surface area contributed by atoms with E-state index in [-0.39, 0.29) is 0 Å². The number of hydrogen-bond donors (Lipinski definition) is 0. The molecular formula is C16H12BrFN2OS. The lowest BCUT2D eigenvalue weighted by atomic mass is 10.2. The zero-order valence-corrected chi connectivity index (χ0v) is 14.1. The number of aromatic nitrogens is 2. The van der Waals surface area contributed by atoms with Crippen LogP contribution in [0.25, 0.3) is 21.8 Å². The molecule has 0 N–H and O–H groups in total. The lowest BCUT2D eigenvalue weighted by Gasteiger charge is -2.06. The van der Waals surface area contributed by atoms with Crippen molar-refractivity contribution in [3.05, 3.63) is 52.6 Å². The van der Waals surface area contributed by atoms with Gasteiger partial charge in [0.25, 0.3) is 0 Å². The van der Waals surface area contributed by atoms with Gasteiger partial charge in [-0.05, 0) is 46.3 Å². The molecule has 1 aromatic carbocycles. The summed E-state index contributed by atoms with van der Waals surface area (Å²) in [5.74, 6) is 0.505. The van der Waals surface area contributed by atoms with E-state index in [4.69, 9.17) is 4.74 Å². The first-order chi connectivity index (χ1) is 10.6. The molecule has 0 saturated heterocycles. The Hall–Kier alpha value is -1.79.